The van der Waals surface area contributed by atoms with E-state index in [9.17, 15) is 4.79 Å². The molecule has 0 unspecified atom stereocenters. The lowest BCUT2D eigenvalue weighted by Crippen LogP contribution is -2.27. The summed E-state index contributed by atoms with van der Waals surface area (Å²) in [6, 6.07) is 0. The molecule has 19 heavy (non-hydrogen) atoms. The number of anilines is 1. The zero-order valence-electron chi connectivity index (χ0n) is 10.6. The lowest BCUT2D eigenvalue weighted by molar-refractivity contribution is 0.0948. The fraction of sp³-hybridized carbons (Fsp3) is 0.364. The molecule has 2 rings (SSSR count). The van der Waals surface area contributed by atoms with Crippen LogP contribution in [0.4, 0.5) is 5.82 Å². The number of aromatic amines is 1. The fourth-order valence-corrected chi connectivity index (χ4v) is 1.48. The third-order valence-electron chi connectivity index (χ3n) is 2.34. The number of amides is 1. The van der Waals surface area contributed by atoms with Crippen LogP contribution in [0, 0.1) is 0 Å². The molecule has 0 saturated carbocycles. The minimum absolute atomic E-state index is 0.258. The lowest BCUT2D eigenvalue weighted by Gasteiger charge is -2.05. The standard InChI is InChI=1S/C11H15N7O/c1-2-13-10-6-12-5-8(17-10)11(19)14-4-3-9-15-7-16-18-9/h5-7H,2-4H2,1H3,(H,13,17)(H,14,19)(H,15,16,18). The molecular weight excluding hydrogens is 246 g/mol. The average Bonchev–Trinajstić information content (AvgIpc) is 2.92. The van der Waals surface area contributed by atoms with E-state index < -0.39 is 0 Å². The van der Waals surface area contributed by atoms with Crippen molar-refractivity contribution in [1.29, 1.82) is 0 Å². The Balaban J connectivity index is 1.87. The van der Waals surface area contributed by atoms with E-state index in [0.29, 0.717) is 18.8 Å². The number of hydrogen-bond acceptors (Lipinski definition) is 6. The molecule has 3 N–H and O–H groups in total. The summed E-state index contributed by atoms with van der Waals surface area (Å²) in [7, 11) is 0. The van der Waals surface area contributed by atoms with E-state index in [1.54, 1.807) is 6.20 Å². The van der Waals surface area contributed by atoms with E-state index >= 15 is 0 Å². The molecule has 8 heteroatoms. The van der Waals surface area contributed by atoms with Crippen LogP contribution in [0.5, 0.6) is 0 Å². The molecule has 0 atom stereocenters. The number of H-pyrrole nitrogens is 1. The summed E-state index contributed by atoms with van der Waals surface area (Å²) in [6.45, 7) is 3.14. The maximum Gasteiger partial charge on any atom is 0.271 e. The number of nitrogens with one attached hydrogen (secondary N) is 3. The van der Waals surface area contributed by atoms with Crippen molar-refractivity contribution in [3.05, 3.63) is 30.2 Å². The number of nitrogens with zero attached hydrogens (tertiary/aromatic N) is 4. The Morgan fingerprint density at radius 1 is 1.42 bits per heavy atom. The predicted octanol–water partition coefficient (Wildman–Crippen LogP) is -0.00100. The van der Waals surface area contributed by atoms with Crippen LogP contribution < -0.4 is 10.6 Å². The Morgan fingerprint density at radius 3 is 3.05 bits per heavy atom. The van der Waals surface area contributed by atoms with Crippen LogP contribution in [-0.4, -0.2) is 44.1 Å². The number of rotatable bonds is 6. The molecule has 100 valence electrons. The highest BCUT2D eigenvalue weighted by molar-refractivity contribution is 5.92. The van der Waals surface area contributed by atoms with Gasteiger partial charge in [-0.1, -0.05) is 0 Å². The second kappa shape index (κ2) is 6.43. The number of aromatic nitrogens is 5. The van der Waals surface area contributed by atoms with Gasteiger partial charge in [0, 0.05) is 19.5 Å². The molecule has 8 nitrogen and oxygen atoms in total. The van der Waals surface area contributed by atoms with Gasteiger partial charge in [0.1, 0.15) is 23.7 Å². The predicted molar refractivity (Wildman–Crippen MR) is 68.6 cm³/mol. The van der Waals surface area contributed by atoms with E-state index in [-0.39, 0.29) is 11.6 Å². The summed E-state index contributed by atoms with van der Waals surface area (Å²) in [4.78, 5) is 23.9. The third-order valence-corrected chi connectivity index (χ3v) is 2.34. The Hall–Kier alpha value is -2.51. The molecule has 0 spiro atoms. The van der Waals surface area contributed by atoms with Gasteiger partial charge in [0.05, 0.1) is 12.4 Å². The lowest BCUT2D eigenvalue weighted by atomic mass is 10.3. The molecular formula is C11H15N7O. The molecule has 0 aliphatic heterocycles. The highest BCUT2D eigenvalue weighted by Crippen LogP contribution is 2.01. The van der Waals surface area contributed by atoms with E-state index in [1.807, 2.05) is 6.92 Å². The van der Waals surface area contributed by atoms with E-state index in [0.717, 1.165) is 12.4 Å². The maximum absolute atomic E-state index is 11.8. The molecule has 0 aromatic carbocycles. The third kappa shape index (κ3) is 3.73. The maximum atomic E-state index is 11.8. The minimum atomic E-state index is -0.258. The molecule has 0 saturated heterocycles. The van der Waals surface area contributed by atoms with Crippen LogP contribution >= 0.6 is 0 Å². The van der Waals surface area contributed by atoms with Crippen molar-refractivity contribution in [3.8, 4) is 0 Å². The van der Waals surface area contributed by atoms with Gasteiger partial charge in [-0.3, -0.25) is 14.9 Å². The molecule has 1 amide bonds. The second-order valence-electron chi connectivity index (χ2n) is 3.76. The SMILES string of the molecule is CCNc1cncc(C(=O)NCCc2ncn[nH]2)n1. The molecule has 0 radical (unpaired) electrons. The van der Waals surface area contributed by atoms with E-state index in [4.69, 9.17) is 0 Å². The topological polar surface area (TPSA) is 108 Å². The zero-order chi connectivity index (χ0) is 13.5. The fourth-order valence-electron chi connectivity index (χ4n) is 1.48. The Kier molecular flexibility index (Phi) is 4.38. The second-order valence-corrected chi connectivity index (χ2v) is 3.76. The molecule has 0 aliphatic carbocycles. The molecule has 2 aromatic rings. The molecule has 0 aliphatic rings. The largest absolute Gasteiger partial charge is 0.369 e. The van der Waals surface area contributed by atoms with Gasteiger partial charge in [-0.25, -0.2) is 9.97 Å². The monoisotopic (exact) mass is 261 g/mol. The van der Waals surface area contributed by atoms with Gasteiger partial charge in [0.2, 0.25) is 0 Å². The van der Waals surface area contributed by atoms with Gasteiger partial charge in [-0.2, -0.15) is 5.10 Å². The average molecular weight is 261 g/mol. The molecule has 2 heterocycles. The summed E-state index contributed by atoms with van der Waals surface area (Å²) in [6.07, 6.45) is 5.04. The quantitative estimate of drug-likeness (QED) is 0.675. The first-order valence-electron chi connectivity index (χ1n) is 5.98. The van der Waals surface area contributed by atoms with Gasteiger partial charge in [0.25, 0.3) is 5.91 Å². The first-order chi connectivity index (χ1) is 9.29. The Labute approximate surface area is 110 Å². The van der Waals surface area contributed by atoms with Crippen LogP contribution in [0.15, 0.2) is 18.7 Å². The number of hydrogen-bond donors (Lipinski definition) is 3. The van der Waals surface area contributed by atoms with Crippen LogP contribution in [-0.2, 0) is 6.42 Å². The number of carbonyl (C=O) groups excluding carboxylic acids is 1. The van der Waals surface area contributed by atoms with E-state index in [1.165, 1.54) is 12.5 Å². The van der Waals surface area contributed by atoms with Crippen molar-refractivity contribution < 1.29 is 4.79 Å². The van der Waals surface area contributed by atoms with E-state index in [2.05, 4.69) is 35.8 Å². The molecule has 0 fully saturated rings. The normalized spacial score (nSPS) is 10.2. The van der Waals surface area contributed by atoms with Crippen molar-refractivity contribution in [1.82, 2.24) is 30.5 Å². The van der Waals surface area contributed by atoms with Gasteiger partial charge in [-0.05, 0) is 6.92 Å². The van der Waals surface area contributed by atoms with Crippen molar-refractivity contribution >= 4 is 11.7 Å². The summed E-state index contributed by atoms with van der Waals surface area (Å²) in [5.74, 6) is 1.06. The van der Waals surface area contributed by atoms with Crippen molar-refractivity contribution in [2.45, 2.75) is 13.3 Å². The van der Waals surface area contributed by atoms with Crippen LogP contribution in [0.3, 0.4) is 0 Å². The first-order valence-corrected chi connectivity index (χ1v) is 5.98. The van der Waals surface area contributed by atoms with Gasteiger partial charge >= 0.3 is 0 Å². The Bertz CT molecular complexity index is 526. The summed E-state index contributed by atoms with van der Waals surface area (Å²) < 4.78 is 0. The highest BCUT2D eigenvalue weighted by Gasteiger charge is 2.08. The van der Waals surface area contributed by atoms with Gasteiger partial charge in [0.15, 0.2) is 0 Å². The molecule has 0 bridgehead atoms. The smallest absolute Gasteiger partial charge is 0.271 e. The van der Waals surface area contributed by atoms with Crippen molar-refractivity contribution in [2.75, 3.05) is 18.4 Å². The number of carbonyl (C=O) groups is 1. The summed E-state index contributed by atoms with van der Waals surface area (Å²) in [5.41, 5.74) is 0.288. The van der Waals surface area contributed by atoms with Crippen LogP contribution in [0.2, 0.25) is 0 Å². The van der Waals surface area contributed by atoms with Crippen molar-refractivity contribution in [3.63, 3.8) is 0 Å². The van der Waals surface area contributed by atoms with Crippen LogP contribution in [0.25, 0.3) is 0 Å². The van der Waals surface area contributed by atoms with Crippen LogP contribution in [0.1, 0.15) is 23.2 Å². The zero-order valence-corrected chi connectivity index (χ0v) is 10.6. The van der Waals surface area contributed by atoms with Gasteiger partial charge < -0.3 is 10.6 Å². The minimum Gasteiger partial charge on any atom is -0.369 e. The Morgan fingerprint density at radius 2 is 2.32 bits per heavy atom. The first kappa shape index (κ1) is 12.9. The summed E-state index contributed by atoms with van der Waals surface area (Å²) in [5, 5.41) is 12.2. The molecule has 2 aromatic heterocycles. The summed E-state index contributed by atoms with van der Waals surface area (Å²) >= 11 is 0. The van der Waals surface area contributed by atoms with Gasteiger partial charge in [-0.15, -0.1) is 0 Å². The highest BCUT2D eigenvalue weighted by atomic mass is 16.1. The van der Waals surface area contributed by atoms with Crippen molar-refractivity contribution in [2.24, 2.45) is 0 Å².